The van der Waals surface area contributed by atoms with Crippen LogP contribution >= 0.6 is 11.6 Å². The molecule has 3 aliphatic carbocycles. The van der Waals surface area contributed by atoms with Crippen molar-refractivity contribution in [3.8, 4) is 11.3 Å². The van der Waals surface area contributed by atoms with E-state index in [2.05, 4.69) is 20.3 Å². The number of aliphatic hydroxyl groups excluding tert-OH is 1. The molecule has 2 atom stereocenters. The minimum absolute atomic E-state index is 0.0594. The fourth-order valence-electron chi connectivity index (χ4n) is 5.35. The maximum atomic E-state index is 14.8. The molecule has 2 bridgehead atoms. The predicted molar refractivity (Wildman–Crippen MR) is 112 cm³/mol. The van der Waals surface area contributed by atoms with Crippen LogP contribution in [0, 0.1) is 30.5 Å². The van der Waals surface area contributed by atoms with Crippen LogP contribution in [0.4, 0.5) is 10.2 Å². The Hall–Kier alpha value is -2.18. The number of rotatable bonds is 4. The first kappa shape index (κ1) is 18.8. The molecule has 7 heteroatoms. The topological polar surface area (TPSA) is 73.8 Å². The lowest BCUT2D eigenvalue weighted by molar-refractivity contribution is 0.0393. The van der Waals surface area contributed by atoms with Crippen molar-refractivity contribution in [1.29, 1.82) is 0 Å². The number of H-pyrrole nitrogens is 1. The monoisotopic (exact) mass is 414 g/mol. The van der Waals surface area contributed by atoms with E-state index in [1.807, 2.05) is 19.2 Å². The molecule has 3 saturated carbocycles. The van der Waals surface area contributed by atoms with Crippen molar-refractivity contribution in [2.75, 3.05) is 11.9 Å². The number of fused-ring (bicyclic) bond motifs is 4. The Bertz CT molecular complexity index is 1060. The summed E-state index contributed by atoms with van der Waals surface area (Å²) in [7, 11) is 0. The Kier molecular flexibility index (Phi) is 4.71. The second-order valence-electron chi connectivity index (χ2n) is 8.43. The van der Waals surface area contributed by atoms with Crippen LogP contribution in [0.15, 0.2) is 24.5 Å². The number of halogens is 2. The third kappa shape index (κ3) is 3.19. The largest absolute Gasteiger partial charge is 0.396 e. The smallest absolute Gasteiger partial charge is 0.165 e. The van der Waals surface area contributed by atoms with Crippen LogP contribution in [0.3, 0.4) is 0 Å². The highest BCUT2D eigenvalue weighted by Gasteiger charge is 2.43. The first-order valence-electron chi connectivity index (χ1n) is 10.2. The SMILES string of the molecule is Cc1cc(F)c(NC2C3CCC(CC3)C2CO)nc1-c1c[nH]c2ncc(Cl)cc12. The second kappa shape index (κ2) is 7.26. The van der Waals surface area contributed by atoms with E-state index < -0.39 is 0 Å². The van der Waals surface area contributed by atoms with Gasteiger partial charge in [-0.1, -0.05) is 11.6 Å². The van der Waals surface area contributed by atoms with Gasteiger partial charge in [0.2, 0.25) is 0 Å². The van der Waals surface area contributed by atoms with Crippen molar-refractivity contribution in [2.24, 2.45) is 17.8 Å². The van der Waals surface area contributed by atoms with Crippen molar-refractivity contribution in [2.45, 2.75) is 38.6 Å². The number of aromatic nitrogens is 3. The highest BCUT2D eigenvalue weighted by atomic mass is 35.5. The predicted octanol–water partition coefficient (Wildman–Crippen LogP) is 4.93. The van der Waals surface area contributed by atoms with Gasteiger partial charge in [-0.2, -0.15) is 0 Å². The number of aryl methyl sites for hydroxylation is 1. The van der Waals surface area contributed by atoms with Gasteiger partial charge in [0, 0.05) is 41.9 Å². The van der Waals surface area contributed by atoms with E-state index in [0.29, 0.717) is 22.6 Å². The zero-order valence-corrected chi connectivity index (χ0v) is 17.0. The summed E-state index contributed by atoms with van der Waals surface area (Å²) in [6, 6.07) is 3.43. The second-order valence-corrected chi connectivity index (χ2v) is 8.86. The quantitative estimate of drug-likeness (QED) is 0.565. The molecule has 3 N–H and O–H groups in total. The summed E-state index contributed by atoms with van der Waals surface area (Å²) in [6.07, 6.45) is 8.01. The highest BCUT2D eigenvalue weighted by molar-refractivity contribution is 6.31. The van der Waals surface area contributed by atoms with E-state index in [1.165, 1.54) is 6.07 Å². The molecule has 3 fully saturated rings. The normalized spacial score (nSPS) is 26.2. The standard InChI is InChI=1S/C22H24ClFN4O/c1-11-6-18(24)22(28-20-13-4-2-12(3-5-13)17(20)10-29)27-19(11)16-9-26-21-15(16)7-14(23)8-25-21/h6-9,12-13,17,20,29H,2-5,10H2,1H3,(H,25,26)(H,27,28). The van der Waals surface area contributed by atoms with Crippen LogP contribution in [0.2, 0.25) is 5.02 Å². The molecule has 0 amide bonds. The van der Waals surface area contributed by atoms with Gasteiger partial charge in [-0.25, -0.2) is 14.4 Å². The Morgan fingerprint density at radius 3 is 2.76 bits per heavy atom. The number of hydrogen-bond acceptors (Lipinski definition) is 4. The van der Waals surface area contributed by atoms with E-state index in [1.54, 1.807) is 6.20 Å². The van der Waals surface area contributed by atoms with Crippen molar-refractivity contribution in [3.63, 3.8) is 0 Å². The summed E-state index contributed by atoms with van der Waals surface area (Å²) in [5, 5.41) is 14.7. The molecule has 0 saturated heterocycles. The van der Waals surface area contributed by atoms with Gasteiger partial charge in [0.1, 0.15) is 5.65 Å². The maximum absolute atomic E-state index is 14.8. The van der Waals surface area contributed by atoms with Crippen molar-refractivity contribution >= 4 is 28.5 Å². The summed E-state index contributed by atoms with van der Waals surface area (Å²) in [6.45, 7) is 1.98. The van der Waals surface area contributed by atoms with Gasteiger partial charge in [-0.3, -0.25) is 0 Å². The van der Waals surface area contributed by atoms with E-state index in [0.717, 1.165) is 47.8 Å². The minimum Gasteiger partial charge on any atom is -0.396 e. The summed E-state index contributed by atoms with van der Waals surface area (Å²) >= 11 is 6.14. The molecular formula is C22H24ClFN4O. The Morgan fingerprint density at radius 2 is 2.00 bits per heavy atom. The molecule has 3 aromatic rings. The molecule has 0 spiro atoms. The van der Waals surface area contributed by atoms with Crippen LogP contribution in [0.5, 0.6) is 0 Å². The summed E-state index contributed by atoms with van der Waals surface area (Å²) in [5.74, 6) is 1.02. The first-order valence-corrected chi connectivity index (χ1v) is 10.6. The molecule has 0 radical (unpaired) electrons. The molecule has 152 valence electrons. The molecule has 6 rings (SSSR count). The summed E-state index contributed by atoms with van der Waals surface area (Å²) < 4.78 is 14.8. The lowest BCUT2D eigenvalue weighted by Gasteiger charge is -2.48. The number of aliphatic hydroxyl groups is 1. The molecule has 2 unspecified atom stereocenters. The van der Waals surface area contributed by atoms with Gasteiger partial charge in [-0.15, -0.1) is 0 Å². The molecule has 0 aromatic carbocycles. The lowest BCUT2D eigenvalue weighted by Crippen LogP contribution is -2.49. The van der Waals surface area contributed by atoms with Crippen LogP contribution in [0.25, 0.3) is 22.3 Å². The van der Waals surface area contributed by atoms with E-state index in [9.17, 15) is 9.50 Å². The van der Waals surface area contributed by atoms with Gasteiger partial charge >= 0.3 is 0 Å². The number of nitrogens with one attached hydrogen (secondary N) is 2. The summed E-state index contributed by atoms with van der Waals surface area (Å²) in [5.41, 5.74) is 3.01. The third-order valence-corrected chi connectivity index (χ3v) is 7.03. The first-order chi connectivity index (χ1) is 14.0. The van der Waals surface area contributed by atoms with Crippen molar-refractivity contribution in [1.82, 2.24) is 15.0 Å². The average Bonchev–Trinajstić information content (AvgIpc) is 3.13. The number of pyridine rings is 2. The van der Waals surface area contributed by atoms with Crippen LogP contribution in [-0.2, 0) is 0 Å². The Labute approximate surface area is 173 Å². The maximum Gasteiger partial charge on any atom is 0.165 e. The van der Waals surface area contributed by atoms with Gasteiger partial charge < -0.3 is 15.4 Å². The van der Waals surface area contributed by atoms with E-state index in [4.69, 9.17) is 11.6 Å². The highest BCUT2D eigenvalue weighted by Crippen LogP contribution is 2.46. The zero-order valence-electron chi connectivity index (χ0n) is 16.3. The molecule has 3 aromatic heterocycles. The van der Waals surface area contributed by atoms with Gasteiger partial charge in [-0.05, 0) is 62.1 Å². The van der Waals surface area contributed by atoms with Gasteiger partial charge in [0.15, 0.2) is 11.6 Å². The van der Waals surface area contributed by atoms with Gasteiger partial charge in [0.25, 0.3) is 0 Å². The Balaban J connectivity index is 1.54. The molecule has 0 aliphatic heterocycles. The Morgan fingerprint density at radius 1 is 1.24 bits per heavy atom. The minimum atomic E-state index is -0.361. The van der Waals surface area contributed by atoms with E-state index >= 15 is 0 Å². The van der Waals surface area contributed by atoms with Crippen molar-refractivity contribution in [3.05, 3.63) is 40.9 Å². The van der Waals surface area contributed by atoms with Crippen LogP contribution in [-0.4, -0.2) is 32.7 Å². The fraction of sp³-hybridized carbons (Fsp3) is 0.455. The van der Waals surface area contributed by atoms with E-state index in [-0.39, 0.29) is 30.2 Å². The van der Waals surface area contributed by atoms with Crippen LogP contribution in [0.1, 0.15) is 31.2 Å². The average molecular weight is 415 g/mol. The molecule has 3 aliphatic rings. The number of anilines is 1. The number of nitrogens with zero attached hydrogens (tertiary/aromatic N) is 2. The van der Waals surface area contributed by atoms with Crippen molar-refractivity contribution < 1.29 is 9.50 Å². The number of aromatic amines is 1. The van der Waals surface area contributed by atoms with Crippen LogP contribution < -0.4 is 5.32 Å². The zero-order chi connectivity index (χ0) is 20.1. The lowest BCUT2D eigenvalue weighted by atomic mass is 9.62. The fourth-order valence-corrected chi connectivity index (χ4v) is 5.51. The third-order valence-electron chi connectivity index (χ3n) is 6.82. The van der Waals surface area contributed by atoms with Gasteiger partial charge in [0.05, 0.1) is 10.7 Å². The summed E-state index contributed by atoms with van der Waals surface area (Å²) in [4.78, 5) is 12.1. The number of hydrogen-bond donors (Lipinski definition) is 3. The molecule has 5 nitrogen and oxygen atoms in total. The molecular weight excluding hydrogens is 391 g/mol. The molecule has 29 heavy (non-hydrogen) atoms. The molecule has 3 heterocycles.